The first-order chi connectivity index (χ1) is 8.33. The molecule has 2 aromatic heterocycles. The standard InChI is InChI=1S/C11H15N5S/c1-2-8(9-4-3-5-17-9)15-10-6-11(16-12)14-7-13-10/h3-8H,2,12H2,1H3,(H2,13,14,15,16). The highest BCUT2D eigenvalue weighted by atomic mass is 32.1. The van der Waals surface area contributed by atoms with E-state index < -0.39 is 0 Å². The van der Waals surface area contributed by atoms with Crippen molar-refractivity contribution in [3.63, 3.8) is 0 Å². The molecule has 2 aromatic rings. The third-order valence-electron chi connectivity index (χ3n) is 2.43. The Kier molecular flexibility index (Phi) is 3.89. The van der Waals surface area contributed by atoms with Crippen LogP contribution in [0.2, 0.25) is 0 Å². The van der Waals surface area contributed by atoms with Gasteiger partial charge in [-0.2, -0.15) is 0 Å². The first-order valence-electron chi connectivity index (χ1n) is 5.42. The highest BCUT2D eigenvalue weighted by molar-refractivity contribution is 7.10. The quantitative estimate of drug-likeness (QED) is 0.560. The van der Waals surface area contributed by atoms with Gasteiger partial charge in [-0.3, -0.25) is 0 Å². The molecule has 0 bridgehead atoms. The van der Waals surface area contributed by atoms with Crippen LogP contribution in [0.5, 0.6) is 0 Å². The Hall–Kier alpha value is -1.66. The summed E-state index contributed by atoms with van der Waals surface area (Å²) >= 11 is 1.74. The fraction of sp³-hybridized carbons (Fsp3) is 0.273. The van der Waals surface area contributed by atoms with Crippen molar-refractivity contribution in [2.24, 2.45) is 5.84 Å². The van der Waals surface area contributed by atoms with Crippen molar-refractivity contribution in [3.8, 4) is 0 Å². The number of nitrogen functional groups attached to an aromatic ring is 1. The van der Waals surface area contributed by atoms with Gasteiger partial charge in [-0.05, 0) is 17.9 Å². The number of rotatable bonds is 5. The molecular weight excluding hydrogens is 234 g/mol. The lowest BCUT2D eigenvalue weighted by atomic mass is 10.2. The highest BCUT2D eigenvalue weighted by Crippen LogP contribution is 2.25. The number of nitrogens with two attached hydrogens (primary N) is 1. The topological polar surface area (TPSA) is 75.9 Å². The van der Waals surface area contributed by atoms with Crippen LogP contribution < -0.4 is 16.6 Å². The Balaban J connectivity index is 2.13. The largest absolute Gasteiger partial charge is 0.362 e. The maximum Gasteiger partial charge on any atom is 0.145 e. The molecule has 0 spiro atoms. The molecule has 1 atom stereocenters. The van der Waals surface area contributed by atoms with Gasteiger partial charge >= 0.3 is 0 Å². The highest BCUT2D eigenvalue weighted by Gasteiger charge is 2.10. The van der Waals surface area contributed by atoms with E-state index in [-0.39, 0.29) is 6.04 Å². The minimum atomic E-state index is 0.274. The van der Waals surface area contributed by atoms with E-state index in [9.17, 15) is 0 Å². The molecule has 0 aliphatic rings. The second kappa shape index (κ2) is 5.60. The summed E-state index contributed by atoms with van der Waals surface area (Å²) in [5.41, 5.74) is 2.50. The average molecular weight is 249 g/mol. The van der Waals surface area contributed by atoms with Crippen LogP contribution in [-0.4, -0.2) is 9.97 Å². The van der Waals surface area contributed by atoms with Crippen molar-refractivity contribution in [2.45, 2.75) is 19.4 Å². The molecule has 5 nitrogen and oxygen atoms in total. The fourth-order valence-electron chi connectivity index (χ4n) is 1.56. The van der Waals surface area contributed by atoms with Gasteiger partial charge in [-0.1, -0.05) is 13.0 Å². The van der Waals surface area contributed by atoms with E-state index in [1.54, 1.807) is 17.4 Å². The van der Waals surface area contributed by atoms with Crippen LogP contribution in [-0.2, 0) is 0 Å². The van der Waals surface area contributed by atoms with E-state index in [0.717, 1.165) is 12.2 Å². The lowest BCUT2D eigenvalue weighted by Gasteiger charge is -2.16. The van der Waals surface area contributed by atoms with Crippen molar-refractivity contribution in [1.82, 2.24) is 9.97 Å². The van der Waals surface area contributed by atoms with E-state index in [4.69, 9.17) is 5.84 Å². The molecule has 1 unspecified atom stereocenters. The zero-order valence-electron chi connectivity index (χ0n) is 9.55. The van der Waals surface area contributed by atoms with Gasteiger partial charge in [0.1, 0.15) is 18.0 Å². The average Bonchev–Trinajstić information content (AvgIpc) is 2.90. The van der Waals surface area contributed by atoms with Crippen LogP contribution in [0.15, 0.2) is 29.9 Å². The monoisotopic (exact) mass is 249 g/mol. The number of anilines is 2. The van der Waals surface area contributed by atoms with E-state index >= 15 is 0 Å². The molecule has 2 rings (SSSR count). The summed E-state index contributed by atoms with van der Waals surface area (Å²) < 4.78 is 0. The number of hydrogen-bond acceptors (Lipinski definition) is 6. The molecule has 4 N–H and O–H groups in total. The number of nitrogens with zero attached hydrogens (tertiary/aromatic N) is 2. The molecule has 90 valence electrons. The van der Waals surface area contributed by atoms with Gasteiger partial charge in [-0.15, -0.1) is 11.3 Å². The third kappa shape index (κ3) is 2.92. The van der Waals surface area contributed by atoms with Crippen LogP contribution in [0.4, 0.5) is 11.6 Å². The summed E-state index contributed by atoms with van der Waals surface area (Å²) in [6.45, 7) is 2.14. The van der Waals surface area contributed by atoms with Crippen molar-refractivity contribution >= 4 is 23.0 Å². The van der Waals surface area contributed by atoms with Crippen LogP contribution in [0.1, 0.15) is 24.3 Å². The Morgan fingerprint density at radius 3 is 2.88 bits per heavy atom. The number of thiophene rings is 1. The Morgan fingerprint density at radius 2 is 2.24 bits per heavy atom. The summed E-state index contributed by atoms with van der Waals surface area (Å²) in [5, 5.41) is 5.45. The van der Waals surface area contributed by atoms with Crippen molar-refractivity contribution in [2.75, 3.05) is 10.7 Å². The predicted octanol–water partition coefficient (Wildman–Crippen LogP) is 2.39. The maximum atomic E-state index is 5.31. The molecule has 0 aromatic carbocycles. The van der Waals surface area contributed by atoms with Gasteiger partial charge in [0.2, 0.25) is 0 Å². The number of nitrogens with one attached hydrogen (secondary N) is 2. The van der Waals surface area contributed by atoms with Crippen LogP contribution in [0.25, 0.3) is 0 Å². The molecule has 0 fully saturated rings. The summed E-state index contributed by atoms with van der Waals surface area (Å²) in [6, 6.07) is 6.23. The second-order valence-corrected chi connectivity index (χ2v) is 4.53. The number of hydrogen-bond donors (Lipinski definition) is 3. The molecule has 0 amide bonds. The molecule has 0 radical (unpaired) electrons. The maximum absolute atomic E-state index is 5.31. The molecule has 0 aliphatic carbocycles. The second-order valence-electron chi connectivity index (χ2n) is 3.55. The molecule has 6 heteroatoms. The SMILES string of the molecule is CCC(Nc1cc(NN)ncn1)c1cccs1. The summed E-state index contributed by atoms with van der Waals surface area (Å²) in [7, 11) is 0. The normalized spacial score (nSPS) is 12.1. The van der Waals surface area contributed by atoms with Crippen molar-refractivity contribution in [1.29, 1.82) is 0 Å². The number of hydrazine groups is 1. The van der Waals surface area contributed by atoms with E-state index in [2.05, 4.69) is 45.1 Å². The summed E-state index contributed by atoms with van der Waals surface area (Å²) in [4.78, 5) is 9.44. The molecule has 0 aliphatic heterocycles. The molecule has 0 saturated carbocycles. The molecule has 0 saturated heterocycles. The first kappa shape index (κ1) is 11.8. The molecule has 17 heavy (non-hydrogen) atoms. The van der Waals surface area contributed by atoms with Crippen LogP contribution >= 0.6 is 11.3 Å². The lowest BCUT2D eigenvalue weighted by molar-refractivity contribution is 0.758. The van der Waals surface area contributed by atoms with E-state index in [1.165, 1.54) is 11.2 Å². The first-order valence-corrected chi connectivity index (χ1v) is 6.30. The van der Waals surface area contributed by atoms with Crippen LogP contribution in [0.3, 0.4) is 0 Å². The Labute approximate surface area is 104 Å². The van der Waals surface area contributed by atoms with Gasteiger partial charge in [0.15, 0.2) is 0 Å². The van der Waals surface area contributed by atoms with E-state index in [1.807, 2.05) is 0 Å². The van der Waals surface area contributed by atoms with Gasteiger partial charge in [0.25, 0.3) is 0 Å². The van der Waals surface area contributed by atoms with Gasteiger partial charge in [0, 0.05) is 10.9 Å². The predicted molar refractivity (Wildman–Crippen MR) is 70.8 cm³/mol. The van der Waals surface area contributed by atoms with E-state index in [0.29, 0.717) is 5.82 Å². The minimum Gasteiger partial charge on any atom is -0.362 e. The Morgan fingerprint density at radius 1 is 1.41 bits per heavy atom. The van der Waals surface area contributed by atoms with Crippen LogP contribution in [0, 0.1) is 0 Å². The molecule has 2 heterocycles. The molecular formula is C11H15N5S. The fourth-order valence-corrected chi connectivity index (χ4v) is 2.42. The third-order valence-corrected chi connectivity index (χ3v) is 3.42. The van der Waals surface area contributed by atoms with Gasteiger partial charge in [-0.25, -0.2) is 15.8 Å². The zero-order valence-corrected chi connectivity index (χ0v) is 10.4. The summed E-state index contributed by atoms with van der Waals surface area (Å²) in [6.07, 6.45) is 2.48. The number of aromatic nitrogens is 2. The van der Waals surface area contributed by atoms with Crippen molar-refractivity contribution in [3.05, 3.63) is 34.8 Å². The minimum absolute atomic E-state index is 0.274. The Bertz CT molecular complexity index is 457. The van der Waals surface area contributed by atoms with Crippen molar-refractivity contribution < 1.29 is 0 Å². The summed E-state index contributed by atoms with van der Waals surface area (Å²) in [5.74, 6) is 6.68. The van der Waals surface area contributed by atoms with Gasteiger partial charge < -0.3 is 10.7 Å². The lowest BCUT2D eigenvalue weighted by Crippen LogP contribution is -2.12. The zero-order chi connectivity index (χ0) is 12.1. The smallest absolute Gasteiger partial charge is 0.145 e. The van der Waals surface area contributed by atoms with Gasteiger partial charge in [0.05, 0.1) is 6.04 Å².